The van der Waals surface area contributed by atoms with Crippen molar-refractivity contribution in [1.82, 2.24) is 30.3 Å². The molecule has 1 atom stereocenters. The summed E-state index contributed by atoms with van der Waals surface area (Å²) in [4.78, 5) is 6.72. The van der Waals surface area contributed by atoms with Crippen LogP contribution in [0.15, 0.2) is 75.9 Å². The van der Waals surface area contributed by atoms with E-state index in [1.807, 2.05) is 43.5 Å². The molecule has 0 unspecified atom stereocenters. The van der Waals surface area contributed by atoms with Gasteiger partial charge in [-0.1, -0.05) is 24.3 Å². The van der Waals surface area contributed by atoms with Crippen molar-refractivity contribution in [3.63, 3.8) is 0 Å². The molecule has 6 aromatic rings. The number of piperidine rings is 1. The monoisotopic (exact) mass is 490 g/mol. The van der Waals surface area contributed by atoms with Crippen molar-refractivity contribution in [2.45, 2.75) is 32.2 Å². The van der Waals surface area contributed by atoms with E-state index in [9.17, 15) is 0 Å². The maximum absolute atomic E-state index is 6.24. The molecule has 0 spiro atoms. The van der Waals surface area contributed by atoms with Gasteiger partial charge in [0.25, 0.3) is 0 Å². The summed E-state index contributed by atoms with van der Waals surface area (Å²) in [5.41, 5.74) is 4.70. The summed E-state index contributed by atoms with van der Waals surface area (Å²) in [6, 6.07) is 18.4. The van der Waals surface area contributed by atoms with Gasteiger partial charge in [-0.25, -0.2) is 0 Å². The second-order valence-corrected chi connectivity index (χ2v) is 9.78. The maximum atomic E-state index is 6.24. The van der Waals surface area contributed by atoms with Crippen LogP contribution in [0.1, 0.15) is 36.1 Å². The number of likely N-dealkylation sites (tertiary alicyclic amines) is 1. The Kier molecular flexibility index (Phi) is 5.32. The molecule has 1 saturated heterocycles. The lowest BCUT2D eigenvalue weighted by Crippen LogP contribution is -2.33. The molecule has 0 amide bonds. The number of aromatic nitrogens is 5. The molecule has 8 nitrogen and oxygen atoms in total. The van der Waals surface area contributed by atoms with Gasteiger partial charge in [0.1, 0.15) is 11.5 Å². The number of hydrogen-bond donors (Lipinski definition) is 1. The van der Waals surface area contributed by atoms with Gasteiger partial charge < -0.3 is 8.83 Å². The standard InChI is InChI=1S/C29H26N6O2/c1-18-13-19(10-11-30-18)27-24-14-20(8-9-25(24)31-32-27)28-33-34-29(37-28)21-6-4-12-35(15-21)16-26-23-7-3-2-5-22(23)17-36-26/h2-3,5,7-11,13-14,17,21H,4,6,12,15-16H2,1H3,(H,31,32)/t21-/m1/s1. The van der Waals surface area contributed by atoms with Gasteiger partial charge in [-0.3, -0.25) is 15.0 Å². The Balaban J connectivity index is 1.13. The van der Waals surface area contributed by atoms with Gasteiger partial charge in [0.05, 0.1) is 24.2 Å². The van der Waals surface area contributed by atoms with Crippen LogP contribution < -0.4 is 0 Å². The fourth-order valence-corrected chi connectivity index (χ4v) is 5.35. The van der Waals surface area contributed by atoms with E-state index in [2.05, 4.69) is 54.5 Å². The SMILES string of the molecule is Cc1cc(-c2n[nH]c3ccc(-c4nnc([C@@H]5CCCN(Cc6occ7ccccc67)C5)o4)cc23)ccn1. The summed E-state index contributed by atoms with van der Waals surface area (Å²) in [5, 5.41) is 19.9. The molecule has 37 heavy (non-hydrogen) atoms. The van der Waals surface area contributed by atoms with Gasteiger partial charge in [-0.2, -0.15) is 5.10 Å². The Morgan fingerprint density at radius 1 is 1.03 bits per heavy atom. The van der Waals surface area contributed by atoms with Crippen molar-refractivity contribution in [3.8, 4) is 22.7 Å². The van der Waals surface area contributed by atoms with Crippen LogP contribution in [-0.4, -0.2) is 43.4 Å². The molecule has 1 fully saturated rings. The number of aromatic amines is 1. The number of nitrogens with one attached hydrogen (secondary N) is 1. The largest absolute Gasteiger partial charge is 0.467 e. The quantitative estimate of drug-likeness (QED) is 0.311. The van der Waals surface area contributed by atoms with Crippen LogP contribution >= 0.6 is 0 Å². The molecule has 0 saturated carbocycles. The van der Waals surface area contributed by atoms with Gasteiger partial charge in [0.2, 0.25) is 11.8 Å². The molecular formula is C29H26N6O2. The highest BCUT2D eigenvalue weighted by Gasteiger charge is 2.27. The summed E-state index contributed by atoms with van der Waals surface area (Å²) in [6.45, 7) is 4.65. The number of fused-ring (bicyclic) bond motifs is 2. The minimum Gasteiger partial charge on any atom is -0.467 e. The zero-order valence-corrected chi connectivity index (χ0v) is 20.5. The first-order chi connectivity index (χ1) is 18.2. The van der Waals surface area contributed by atoms with E-state index < -0.39 is 0 Å². The molecule has 0 bridgehead atoms. The van der Waals surface area contributed by atoms with Crippen molar-refractivity contribution in [1.29, 1.82) is 0 Å². The topological polar surface area (TPSA) is 96.9 Å². The van der Waals surface area contributed by atoms with Gasteiger partial charge in [0.15, 0.2) is 0 Å². The number of hydrogen-bond acceptors (Lipinski definition) is 7. The summed E-state index contributed by atoms with van der Waals surface area (Å²) < 4.78 is 12.1. The van der Waals surface area contributed by atoms with E-state index in [-0.39, 0.29) is 5.92 Å². The maximum Gasteiger partial charge on any atom is 0.247 e. The molecule has 184 valence electrons. The first-order valence-electron chi connectivity index (χ1n) is 12.6. The Morgan fingerprint density at radius 2 is 1.97 bits per heavy atom. The predicted molar refractivity (Wildman–Crippen MR) is 141 cm³/mol. The zero-order chi connectivity index (χ0) is 24.8. The van der Waals surface area contributed by atoms with Crippen molar-refractivity contribution < 1.29 is 8.83 Å². The predicted octanol–water partition coefficient (Wildman–Crippen LogP) is 6.11. The molecule has 0 aliphatic carbocycles. The molecule has 1 N–H and O–H groups in total. The Hall–Kier alpha value is -4.30. The van der Waals surface area contributed by atoms with Gasteiger partial charge in [-0.15, -0.1) is 10.2 Å². The van der Waals surface area contributed by atoms with Crippen LogP contribution in [-0.2, 0) is 6.54 Å². The average Bonchev–Trinajstić information content (AvgIpc) is 3.67. The van der Waals surface area contributed by atoms with Gasteiger partial charge in [0, 0.05) is 45.7 Å². The Morgan fingerprint density at radius 3 is 2.92 bits per heavy atom. The first-order valence-corrected chi connectivity index (χ1v) is 12.6. The lowest BCUT2D eigenvalue weighted by molar-refractivity contribution is 0.175. The normalized spacial score (nSPS) is 16.6. The highest BCUT2D eigenvalue weighted by Crippen LogP contribution is 2.33. The minimum atomic E-state index is 0.198. The molecule has 2 aromatic carbocycles. The summed E-state index contributed by atoms with van der Waals surface area (Å²) in [6.07, 6.45) is 5.76. The van der Waals surface area contributed by atoms with E-state index in [0.717, 1.165) is 77.0 Å². The number of benzene rings is 2. The smallest absolute Gasteiger partial charge is 0.247 e. The van der Waals surface area contributed by atoms with Crippen LogP contribution in [0.3, 0.4) is 0 Å². The van der Waals surface area contributed by atoms with Crippen molar-refractivity contribution in [2.75, 3.05) is 13.1 Å². The molecule has 1 aliphatic rings. The second kappa shape index (κ2) is 8.97. The van der Waals surface area contributed by atoms with Gasteiger partial charge in [-0.05, 0) is 56.6 Å². The summed E-state index contributed by atoms with van der Waals surface area (Å²) in [7, 11) is 0. The first kappa shape index (κ1) is 21.9. The van der Waals surface area contributed by atoms with E-state index >= 15 is 0 Å². The zero-order valence-electron chi connectivity index (χ0n) is 20.5. The van der Waals surface area contributed by atoms with Crippen molar-refractivity contribution in [3.05, 3.63) is 84.4 Å². The van der Waals surface area contributed by atoms with Crippen molar-refractivity contribution in [2.24, 2.45) is 0 Å². The lowest BCUT2D eigenvalue weighted by Gasteiger charge is -2.30. The number of aryl methyl sites for hydroxylation is 1. The molecule has 4 aromatic heterocycles. The summed E-state index contributed by atoms with van der Waals surface area (Å²) in [5.74, 6) is 2.44. The molecule has 7 rings (SSSR count). The van der Waals surface area contributed by atoms with Crippen LogP contribution in [0, 0.1) is 6.92 Å². The van der Waals surface area contributed by atoms with Crippen molar-refractivity contribution >= 4 is 21.7 Å². The fourth-order valence-electron chi connectivity index (χ4n) is 5.35. The molecule has 8 heteroatoms. The van der Waals surface area contributed by atoms with Gasteiger partial charge >= 0.3 is 0 Å². The lowest BCUT2D eigenvalue weighted by atomic mass is 9.98. The molecule has 5 heterocycles. The molecule has 0 radical (unpaired) electrons. The number of furan rings is 1. The third-order valence-electron chi connectivity index (χ3n) is 7.23. The highest BCUT2D eigenvalue weighted by atomic mass is 16.4. The number of nitrogens with zero attached hydrogens (tertiary/aromatic N) is 5. The second-order valence-electron chi connectivity index (χ2n) is 9.78. The van der Waals surface area contributed by atoms with E-state index in [0.29, 0.717) is 11.8 Å². The Labute approximate surface area is 213 Å². The number of rotatable bonds is 5. The number of H-pyrrole nitrogens is 1. The highest BCUT2D eigenvalue weighted by molar-refractivity contribution is 5.95. The van der Waals surface area contributed by atoms with Crippen LogP contribution in [0.25, 0.3) is 44.4 Å². The Bertz CT molecular complexity index is 1710. The third kappa shape index (κ3) is 4.09. The molecule has 1 aliphatic heterocycles. The van der Waals surface area contributed by atoms with E-state index in [4.69, 9.17) is 8.83 Å². The van der Waals surface area contributed by atoms with Crippen LogP contribution in [0.4, 0.5) is 0 Å². The average molecular weight is 491 g/mol. The number of pyridine rings is 1. The van der Waals surface area contributed by atoms with Crippen LogP contribution in [0.2, 0.25) is 0 Å². The summed E-state index contributed by atoms with van der Waals surface area (Å²) >= 11 is 0. The van der Waals surface area contributed by atoms with Crippen LogP contribution in [0.5, 0.6) is 0 Å². The fraction of sp³-hybridized carbons (Fsp3) is 0.241. The van der Waals surface area contributed by atoms with E-state index in [1.54, 1.807) is 6.20 Å². The van der Waals surface area contributed by atoms with E-state index in [1.165, 1.54) is 5.39 Å². The molecular weight excluding hydrogens is 464 g/mol. The minimum absolute atomic E-state index is 0.198. The third-order valence-corrected chi connectivity index (χ3v) is 7.23.